The van der Waals surface area contributed by atoms with Gasteiger partial charge in [-0.25, -0.2) is 0 Å². The number of nitrogens with zero attached hydrogens (tertiary/aromatic N) is 1. The minimum Gasteiger partial charge on any atom is -0.381 e. The Balaban J connectivity index is 2.05. The number of guanidine groups is 1. The fraction of sp³-hybridized carbons (Fsp3) is 0.588. The van der Waals surface area contributed by atoms with Crippen LogP contribution in [0, 0.1) is 0 Å². The van der Waals surface area contributed by atoms with Gasteiger partial charge in [-0.15, -0.1) is 0 Å². The molecule has 0 spiro atoms. The Morgan fingerprint density at radius 2 is 1.96 bits per heavy atom. The van der Waals surface area contributed by atoms with Crippen molar-refractivity contribution in [2.75, 3.05) is 45.4 Å². The second kappa shape index (κ2) is 9.55. The van der Waals surface area contributed by atoms with Gasteiger partial charge in [0.05, 0.1) is 0 Å². The van der Waals surface area contributed by atoms with Crippen molar-refractivity contribution in [3.63, 3.8) is 0 Å². The van der Waals surface area contributed by atoms with Crippen molar-refractivity contribution >= 4 is 33.7 Å². The number of hydrogen-bond donors (Lipinski definition) is 2. The maximum Gasteiger partial charge on any atom is 0.191 e. The van der Waals surface area contributed by atoms with Crippen LogP contribution in [0.1, 0.15) is 18.4 Å². The van der Waals surface area contributed by atoms with Gasteiger partial charge in [0.15, 0.2) is 5.96 Å². The second-order valence-electron chi connectivity index (χ2n) is 5.74. The predicted octanol–water partition coefficient (Wildman–Crippen LogP) is 3.03. The monoisotopic (exact) mass is 399 g/mol. The van der Waals surface area contributed by atoms with E-state index in [1.54, 1.807) is 0 Å². The Morgan fingerprint density at radius 3 is 2.57 bits per heavy atom. The Labute approximate surface area is 152 Å². The molecule has 23 heavy (non-hydrogen) atoms. The number of ether oxygens (including phenoxy) is 1. The molecular weight excluding hydrogens is 374 g/mol. The van der Waals surface area contributed by atoms with Crippen LogP contribution in [-0.4, -0.2) is 51.3 Å². The van der Waals surface area contributed by atoms with Gasteiger partial charge in [-0.05, 0) is 36.8 Å². The molecule has 0 aromatic heterocycles. The van der Waals surface area contributed by atoms with Crippen molar-refractivity contribution in [1.29, 1.82) is 0 Å². The Morgan fingerprint density at radius 1 is 1.26 bits per heavy atom. The third kappa shape index (κ3) is 5.40. The summed E-state index contributed by atoms with van der Waals surface area (Å²) in [6.07, 6.45) is 4.18. The molecular formula is C17H26BrN3OS. The van der Waals surface area contributed by atoms with E-state index in [0.29, 0.717) is 0 Å². The summed E-state index contributed by atoms with van der Waals surface area (Å²) in [5, 5.41) is 6.88. The van der Waals surface area contributed by atoms with Gasteiger partial charge in [-0.3, -0.25) is 4.99 Å². The van der Waals surface area contributed by atoms with Crippen LogP contribution in [0.25, 0.3) is 0 Å². The predicted molar refractivity (Wildman–Crippen MR) is 104 cm³/mol. The highest BCUT2D eigenvalue weighted by Gasteiger charge is 2.34. The van der Waals surface area contributed by atoms with Crippen LogP contribution in [-0.2, 0) is 10.2 Å². The van der Waals surface area contributed by atoms with Crippen molar-refractivity contribution in [3.05, 3.63) is 34.3 Å². The summed E-state index contributed by atoms with van der Waals surface area (Å²) < 4.78 is 6.71. The third-order valence-electron chi connectivity index (χ3n) is 4.32. The molecule has 0 unspecified atom stereocenters. The molecule has 1 saturated heterocycles. The SMILES string of the molecule is CN=C(NCCSC)NCC1(c2ccc(Br)cc2)CCOCC1. The molecule has 0 radical (unpaired) electrons. The molecule has 0 bridgehead atoms. The van der Waals surface area contributed by atoms with Crippen LogP contribution in [0.5, 0.6) is 0 Å². The summed E-state index contributed by atoms with van der Waals surface area (Å²) >= 11 is 5.36. The maximum atomic E-state index is 5.60. The summed E-state index contributed by atoms with van der Waals surface area (Å²) in [6.45, 7) is 3.43. The minimum atomic E-state index is 0.107. The highest BCUT2D eigenvalue weighted by atomic mass is 79.9. The van der Waals surface area contributed by atoms with E-state index in [-0.39, 0.29) is 5.41 Å². The molecule has 0 aliphatic carbocycles. The van der Waals surface area contributed by atoms with Crippen molar-refractivity contribution in [3.8, 4) is 0 Å². The summed E-state index contributed by atoms with van der Waals surface area (Å²) in [5.74, 6) is 1.95. The molecule has 1 aliphatic rings. The number of halogens is 1. The molecule has 1 heterocycles. The van der Waals surface area contributed by atoms with Gasteiger partial charge >= 0.3 is 0 Å². The van der Waals surface area contributed by atoms with Crippen molar-refractivity contribution in [1.82, 2.24) is 10.6 Å². The Bertz CT molecular complexity index is 501. The van der Waals surface area contributed by atoms with Crippen LogP contribution >= 0.6 is 27.7 Å². The molecule has 6 heteroatoms. The van der Waals surface area contributed by atoms with E-state index in [9.17, 15) is 0 Å². The number of thioether (sulfide) groups is 1. The standard InChI is InChI=1S/C17H26BrN3OS/c1-19-16(20-9-12-23-2)21-13-17(7-10-22-11-8-17)14-3-5-15(18)6-4-14/h3-6H,7-13H2,1-2H3,(H2,19,20,21). The van der Waals surface area contributed by atoms with E-state index in [1.807, 2.05) is 18.8 Å². The van der Waals surface area contributed by atoms with Gasteiger partial charge in [0, 0.05) is 49.0 Å². The van der Waals surface area contributed by atoms with Crippen LogP contribution < -0.4 is 10.6 Å². The van der Waals surface area contributed by atoms with E-state index in [0.717, 1.165) is 55.3 Å². The molecule has 0 atom stereocenters. The zero-order valence-corrected chi connectivity index (χ0v) is 16.3. The molecule has 1 aromatic carbocycles. The van der Waals surface area contributed by atoms with Gasteiger partial charge in [0.2, 0.25) is 0 Å². The van der Waals surface area contributed by atoms with Crippen molar-refractivity contribution in [2.24, 2.45) is 4.99 Å². The van der Waals surface area contributed by atoms with Crippen LogP contribution in [0.2, 0.25) is 0 Å². The summed E-state index contributed by atoms with van der Waals surface area (Å²) in [4.78, 5) is 4.33. The summed E-state index contributed by atoms with van der Waals surface area (Å²) in [7, 11) is 1.82. The Kier molecular flexibility index (Phi) is 7.73. The second-order valence-corrected chi connectivity index (χ2v) is 7.65. The summed E-state index contributed by atoms with van der Waals surface area (Å²) in [5.41, 5.74) is 1.48. The summed E-state index contributed by atoms with van der Waals surface area (Å²) in [6, 6.07) is 8.69. The highest BCUT2D eigenvalue weighted by molar-refractivity contribution is 9.10. The molecule has 1 fully saturated rings. The molecule has 2 rings (SSSR count). The molecule has 128 valence electrons. The molecule has 0 saturated carbocycles. The van der Waals surface area contributed by atoms with E-state index < -0.39 is 0 Å². The third-order valence-corrected chi connectivity index (χ3v) is 5.46. The first-order chi connectivity index (χ1) is 11.2. The number of nitrogens with one attached hydrogen (secondary N) is 2. The van der Waals surface area contributed by atoms with Gasteiger partial charge in [0.25, 0.3) is 0 Å². The van der Waals surface area contributed by atoms with E-state index in [1.165, 1.54) is 5.56 Å². The smallest absolute Gasteiger partial charge is 0.191 e. The maximum absolute atomic E-state index is 5.60. The van der Waals surface area contributed by atoms with Gasteiger partial charge in [-0.1, -0.05) is 28.1 Å². The highest BCUT2D eigenvalue weighted by Crippen LogP contribution is 2.34. The molecule has 2 N–H and O–H groups in total. The molecule has 0 amide bonds. The van der Waals surface area contributed by atoms with E-state index in [4.69, 9.17) is 4.74 Å². The van der Waals surface area contributed by atoms with Crippen LogP contribution in [0.3, 0.4) is 0 Å². The van der Waals surface area contributed by atoms with Crippen molar-refractivity contribution < 1.29 is 4.74 Å². The topological polar surface area (TPSA) is 45.7 Å². The molecule has 4 nitrogen and oxygen atoms in total. The first-order valence-electron chi connectivity index (χ1n) is 7.97. The first-order valence-corrected chi connectivity index (χ1v) is 10.2. The number of aliphatic imine (C=N–C) groups is 1. The fourth-order valence-electron chi connectivity index (χ4n) is 2.88. The number of benzene rings is 1. The normalized spacial score (nSPS) is 17.8. The molecule has 1 aliphatic heterocycles. The average Bonchev–Trinajstić information content (AvgIpc) is 2.59. The zero-order chi connectivity index (χ0) is 16.5. The average molecular weight is 400 g/mol. The van der Waals surface area contributed by atoms with Crippen LogP contribution in [0.4, 0.5) is 0 Å². The minimum absolute atomic E-state index is 0.107. The zero-order valence-electron chi connectivity index (χ0n) is 13.9. The van der Waals surface area contributed by atoms with Crippen molar-refractivity contribution in [2.45, 2.75) is 18.3 Å². The lowest BCUT2D eigenvalue weighted by Crippen LogP contribution is -2.48. The van der Waals surface area contributed by atoms with Gasteiger partial charge in [-0.2, -0.15) is 11.8 Å². The fourth-order valence-corrected chi connectivity index (χ4v) is 3.45. The van der Waals surface area contributed by atoms with E-state index in [2.05, 4.69) is 62.1 Å². The first kappa shape index (κ1) is 18.6. The van der Waals surface area contributed by atoms with E-state index >= 15 is 0 Å². The quantitative estimate of drug-likeness (QED) is 0.438. The Hall–Kier alpha value is -0.720. The van der Waals surface area contributed by atoms with Crippen LogP contribution in [0.15, 0.2) is 33.7 Å². The lowest BCUT2D eigenvalue weighted by atomic mass is 9.74. The van der Waals surface area contributed by atoms with Gasteiger partial charge in [0.1, 0.15) is 0 Å². The lowest BCUT2D eigenvalue weighted by Gasteiger charge is -2.38. The number of hydrogen-bond acceptors (Lipinski definition) is 3. The van der Waals surface area contributed by atoms with Gasteiger partial charge < -0.3 is 15.4 Å². The largest absolute Gasteiger partial charge is 0.381 e. The number of rotatable bonds is 6. The molecule has 1 aromatic rings. The lowest BCUT2D eigenvalue weighted by molar-refractivity contribution is 0.0514.